The number of hydrogen-bond acceptors (Lipinski definition) is 4. The van der Waals surface area contributed by atoms with Gasteiger partial charge in [0.15, 0.2) is 0 Å². The molecule has 16 heavy (non-hydrogen) atoms. The summed E-state index contributed by atoms with van der Waals surface area (Å²) in [5, 5.41) is 17.8. The van der Waals surface area contributed by atoms with Gasteiger partial charge in [0.1, 0.15) is 0 Å². The zero-order valence-electron chi connectivity index (χ0n) is 9.51. The molecule has 2 unspecified atom stereocenters. The first-order valence-corrected chi connectivity index (χ1v) is 6.02. The van der Waals surface area contributed by atoms with E-state index in [0.717, 1.165) is 45.6 Å². The SMILES string of the molecule is O=C(O)C1CCC1N1CCN(CCO)CC1. The summed E-state index contributed by atoms with van der Waals surface area (Å²) in [5.74, 6) is -0.793. The molecule has 0 radical (unpaired) electrons. The number of carboxylic acids is 1. The minimum absolute atomic E-state index is 0.149. The molecule has 2 aliphatic rings. The molecule has 1 saturated carbocycles. The molecule has 0 aromatic rings. The molecule has 1 heterocycles. The van der Waals surface area contributed by atoms with Crippen molar-refractivity contribution in [3.63, 3.8) is 0 Å². The second kappa shape index (κ2) is 5.12. The Bertz CT molecular complexity index is 252. The largest absolute Gasteiger partial charge is 0.481 e. The number of nitrogens with zero attached hydrogens (tertiary/aromatic N) is 2. The number of carbonyl (C=O) groups is 1. The minimum Gasteiger partial charge on any atom is -0.481 e. The number of aliphatic hydroxyl groups excluding tert-OH is 1. The summed E-state index contributed by atoms with van der Waals surface area (Å²) in [6.07, 6.45) is 1.85. The van der Waals surface area contributed by atoms with E-state index in [-0.39, 0.29) is 18.6 Å². The van der Waals surface area contributed by atoms with Crippen LogP contribution in [-0.2, 0) is 4.79 Å². The van der Waals surface area contributed by atoms with Crippen molar-refractivity contribution in [3.05, 3.63) is 0 Å². The monoisotopic (exact) mass is 228 g/mol. The first-order valence-electron chi connectivity index (χ1n) is 6.02. The van der Waals surface area contributed by atoms with Gasteiger partial charge < -0.3 is 10.2 Å². The second-order valence-corrected chi connectivity index (χ2v) is 4.69. The van der Waals surface area contributed by atoms with E-state index < -0.39 is 5.97 Å². The number of hydrogen-bond donors (Lipinski definition) is 2. The van der Waals surface area contributed by atoms with Crippen LogP contribution in [0.25, 0.3) is 0 Å². The summed E-state index contributed by atoms with van der Waals surface area (Å²) in [6.45, 7) is 4.72. The third-order valence-electron chi connectivity index (χ3n) is 3.85. The van der Waals surface area contributed by atoms with Crippen LogP contribution in [-0.4, -0.2) is 71.4 Å². The molecule has 1 saturated heterocycles. The average Bonchev–Trinajstić information content (AvgIpc) is 2.18. The highest BCUT2D eigenvalue weighted by molar-refractivity contribution is 5.72. The molecule has 2 rings (SSSR count). The Morgan fingerprint density at radius 1 is 1.19 bits per heavy atom. The van der Waals surface area contributed by atoms with E-state index in [1.165, 1.54) is 0 Å². The molecule has 0 aromatic carbocycles. The first kappa shape index (κ1) is 11.8. The van der Waals surface area contributed by atoms with E-state index in [1.54, 1.807) is 0 Å². The fourth-order valence-electron chi connectivity index (χ4n) is 2.67. The van der Waals surface area contributed by atoms with Crippen molar-refractivity contribution in [2.24, 2.45) is 5.92 Å². The summed E-state index contributed by atoms with van der Waals surface area (Å²) >= 11 is 0. The quantitative estimate of drug-likeness (QED) is 0.676. The van der Waals surface area contributed by atoms with E-state index >= 15 is 0 Å². The van der Waals surface area contributed by atoms with Crippen LogP contribution in [0.1, 0.15) is 12.8 Å². The summed E-state index contributed by atoms with van der Waals surface area (Å²) < 4.78 is 0. The van der Waals surface area contributed by atoms with E-state index in [4.69, 9.17) is 10.2 Å². The molecule has 2 N–H and O–H groups in total. The van der Waals surface area contributed by atoms with Crippen molar-refractivity contribution in [2.45, 2.75) is 18.9 Å². The zero-order chi connectivity index (χ0) is 11.5. The minimum atomic E-state index is -0.644. The lowest BCUT2D eigenvalue weighted by Crippen LogP contribution is -2.57. The summed E-state index contributed by atoms with van der Waals surface area (Å²) in [7, 11) is 0. The molecule has 0 aromatic heterocycles. The van der Waals surface area contributed by atoms with Gasteiger partial charge in [-0.15, -0.1) is 0 Å². The highest BCUT2D eigenvalue weighted by Gasteiger charge is 2.40. The fraction of sp³-hybridized carbons (Fsp3) is 0.909. The molecular formula is C11H20N2O3. The topological polar surface area (TPSA) is 64.0 Å². The summed E-state index contributed by atoms with van der Waals surface area (Å²) in [5.41, 5.74) is 0. The Morgan fingerprint density at radius 2 is 1.88 bits per heavy atom. The Hall–Kier alpha value is -0.650. The Balaban J connectivity index is 1.78. The van der Waals surface area contributed by atoms with Gasteiger partial charge in [-0.1, -0.05) is 0 Å². The van der Waals surface area contributed by atoms with Gasteiger partial charge in [-0.25, -0.2) is 0 Å². The summed E-state index contributed by atoms with van der Waals surface area (Å²) in [6, 6.07) is 0.258. The van der Waals surface area contributed by atoms with Gasteiger partial charge in [0.05, 0.1) is 12.5 Å². The van der Waals surface area contributed by atoms with Crippen LogP contribution in [0.4, 0.5) is 0 Å². The van der Waals surface area contributed by atoms with Crippen LogP contribution in [0.3, 0.4) is 0 Å². The zero-order valence-corrected chi connectivity index (χ0v) is 9.51. The maximum Gasteiger partial charge on any atom is 0.308 e. The van der Waals surface area contributed by atoms with Crippen LogP contribution < -0.4 is 0 Å². The highest BCUT2D eigenvalue weighted by atomic mass is 16.4. The summed E-state index contributed by atoms with van der Waals surface area (Å²) in [4.78, 5) is 15.5. The molecule has 2 fully saturated rings. The lowest BCUT2D eigenvalue weighted by atomic mass is 9.78. The van der Waals surface area contributed by atoms with Gasteiger partial charge in [0.2, 0.25) is 0 Å². The predicted octanol–water partition coefficient (Wildman–Crippen LogP) is -0.540. The standard InChI is InChI=1S/C11H20N2O3/c14-8-7-12-3-5-13(6-4-12)10-2-1-9(10)11(15)16/h9-10,14H,1-8H2,(H,15,16). The van der Waals surface area contributed by atoms with Gasteiger partial charge in [-0.05, 0) is 12.8 Å². The first-order chi connectivity index (χ1) is 7.72. The average molecular weight is 228 g/mol. The number of rotatable bonds is 4. The van der Waals surface area contributed by atoms with Crippen LogP contribution in [0.5, 0.6) is 0 Å². The maximum atomic E-state index is 10.9. The number of piperazine rings is 1. The van der Waals surface area contributed by atoms with Crippen molar-refractivity contribution in [1.29, 1.82) is 0 Å². The van der Waals surface area contributed by atoms with E-state index in [9.17, 15) is 4.79 Å². The molecule has 0 amide bonds. The van der Waals surface area contributed by atoms with Gasteiger partial charge >= 0.3 is 5.97 Å². The molecule has 2 atom stereocenters. The number of aliphatic carboxylic acids is 1. The van der Waals surface area contributed by atoms with Crippen LogP contribution in [0.2, 0.25) is 0 Å². The molecule has 92 valence electrons. The van der Waals surface area contributed by atoms with Crippen LogP contribution >= 0.6 is 0 Å². The molecule has 1 aliphatic heterocycles. The van der Waals surface area contributed by atoms with Crippen LogP contribution in [0.15, 0.2) is 0 Å². The maximum absolute atomic E-state index is 10.9. The van der Waals surface area contributed by atoms with Crippen molar-refractivity contribution in [3.8, 4) is 0 Å². The van der Waals surface area contributed by atoms with Gasteiger partial charge in [-0.3, -0.25) is 14.6 Å². The van der Waals surface area contributed by atoms with Crippen molar-refractivity contribution >= 4 is 5.97 Å². The Labute approximate surface area is 95.6 Å². The smallest absolute Gasteiger partial charge is 0.308 e. The molecule has 5 nitrogen and oxygen atoms in total. The molecular weight excluding hydrogens is 208 g/mol. The predicted molar refractivity (Wildman–Crippen MR) is 59.2 cm³/mol. The Kier molecular flexibility index (Phi) is 3.78. The third kappa shape index (κ3) is 2.36. The lowest BCUT2D eigenvalue weighted by Gasteiger charge is -2.46. The van der Waals surface area contributed by atoms with E-state index in [2.05, 4.69) is 9.80 Å². The fourth-order valence-corrected chi connectivity index (χ4v) is 2.67. The number of aliphatic hydroxyl groups is 1. The van der Waals surface area contributed by atoms with Crippen LogP contribution in [0, 0.1) is 5.92 Å². The van der Waals surface area contributed by atoms with Crippen molar-refractivity contribution < 1.29 is 15.0 Å². The molecule has 0 bridgehead atoms. The molecule has 5 heteroatoms. The molecule has 1 aliphatic carbocycles. The second-order valence-electron chi connectivity index (χ2n) is 4.69. The van der Waals surface area contributed by atoms with Gasteiger partial charge in [0.25, 0.3) is 0 Å². The number of β-amino-alcohol motifs (C(OH)–C–C–N with tert-alkyl or cyclic N) is 1. The number of carboxylic acid groups (broad SMARTS) is 1. The third-order valence-corrected chi connectivity index (χ3v) is 3.85. The Morgan fingerprint density at radius 3 is 2.31 bits per heavy atom. The van der Waals surface area contributed by atoms with Crippen molar-refractivity contribution in [1.82, 2.24) is 9.80 Å². The molecule has 0 spiro atoms. The lowest BCUT2D eigenvalue weighted by molar-refractivity contribution is -0.149. The van der Waals surface area contributed by atoms with Gasteiger partial charge in [-0.2, -0.15) is 0 Å². The van der Waals surface area contributed by atoms with Gasteiger partial charge in [0, 0.05) is 38.8 Å². The van der Waals surface area contributed by atoms with Crippen molar-refractivity contribution in [2.75, 3.05) is 39.3 Å². The van der Waals surface area contributed by atoms with E-state index in [1.807, 2.05) is 0 Å². The normalized spacial score (nSPS) is 32.3. The van der Waals surface area contributed by atoms with E-state index in [0.29, 0.717) is 0 Å². The highest BCUT2D eigenvalue weighted by Crippen LogP contribution is 2.32.